The zero-order chi connectivity index (χ0) is 35.6. The molecule has 14 heteroatoms. The summed E-state index contributed by atoms with van der Waals surface area (Å²) in [6.45, 7) is 1.65. The Labute approximate surface area is 299 Å². The summed E-state index contributed by atoms with van der Waals surface area (Å²) in [5.41, 5.74) is 2.07. The molecule has 8 rings (SSSR count). The van der Waals surface area contributed by atoms with E-state index in [2.05, 4.69) is 10.3 Å². The Bertz CT molecular complexity index is 2120. The van der Waals surface area contributed by atoms with Crippen LogP contribution >= 0.6 is 23.1 Å². The Balaban J connectivity index is 1.07. The molecular formula is C37H32FN3O8S2. The van der Waals surface area contributed by atoms with E-state index < -0.39 is 29.5 Å². The van der Waals surface area contributed by atoms with Gasteiger partial charge in [-0.15, -0.1) is 11.8 Å². The highest BCUT2D eigenvalue weighted by atomic mass is 32.2. The van der Waals surface area contributed by atoms with E-state index in [4.69, 9.17) is 14.2 Å². The van der Waals surface area contributed by atoms with Crippen molar-refractivity contribution in [3.63, 3.8) is 0 Å². The minimum Gasteiger partial charge on any atom is -0.493 e. The fourth-order valence-corrected chi connectivity index (χ4v) is 11.4. The van der Waals surface area contributed by atoms with Crippen LogP contribution in [0.5, 0.6) is 11.5 Å². The molecule has 0 unspecified atom stereocenters. The first-order valence-corrected chi connectivity index (χ1v) is 18.3. The highest BCUT2D eigenvalue weighted by Crippen LogP contribution is 2.68. The van der Waals surface area contributed by atoms with Crippen molar-refractivity contribution in [2.45, 2.75) is 29.5 Å². The van der Waals surface area contributed by atoms with Crippen LogP contribution in [0.25, 0.3) is 0 Å². The molecule has 4 aliphatic rings. The first-order chi connectivity index (χ1) is 24.7. The minimum atomic E-state index is -0.502. The third-order valence-electron chi connectivity index (χ3n) is 10.4. The number of hydrogen-bond donors (Lipinski definition) is 2. The second-order valence-electron chi connectivity index (χ2n) is 13.0. The van der Waals surface area contributed by atoms with E-state index in [1.165, 1.54) is 36.3 Å². The Morgan fingerprint density at radius 3 is 2.39 bits per heavy atom. The smallest absolute Gasteiger partial charge is 0.338 e. The fourth-order valence-electron chi connectivity index (χ4n) is 8.48. The summed E-state index contributed by atoms with van der Waals surface area (Å²) in [5, 5.41) is 3.43. The monoisotopic (exact) mass is 729 g/mol. The first kappa shape index (κ1) is 33.2. The number of aromatic amines is 1. The highest BCUT2D eigenvalue weighted by Gasteiger charge is 2.69. The summed E-state index contributed by atoms with van der Waals surface area (Å²) in [4.78, 5) is 70.6. The Hall–Kier alpha value is -4.95. The van der Waals surface area contributed by atoms with Crippen molar-refractivity contribution in [2.24, 2.45) is 29.6 Å². The molecule has 4 aromatic rings. The predicted octanol–water partition coefficient (Wildman–Crippen LogP) is 5.46. The maximum atomic E-state index is 14.1. The van der Waals surface area contributed by atoms with Crippen molar-refractivity contribution < 1.29 is 37.8 Å². The molecule has 3 amide bonds. The van der Waals surface area contributed by atoms with Gasteiger partial charge in [0.05, 0.1) is 41.8 Å². The van der Waals surface area contributed by atoms with Crippen LogP contribution in [0.4, 0.5) is 15.8 Å². The standard InChI is InChI=1S/C37H32FN3O8S2/c1-3-48-36(45)17-4-11-21(12-5-17)41-34(43)29-22-15-23(30(29)35(41)44)31-28(22)27(32-33(50-31)40-37(46)51-32)18-6-13-24(25(14-18)47-2)49-16-26(42)39-20-9-7-19(38)8-10-20/h4-14,22-23,27-31H,3,15-16H2,1-2H3,(H,39,42)(H,40,46)/t22-,23-,27+,28-,29+,30+,31-/m1/s1. The zero-order valence-corrected chi connectivity index (χ0v) is 29.1. The van der Waals surface area contributed by atoms with Gasteiger partial charge in [0.1, 0.15) is 5.82 Å². The molecule has 2 bridgehead atoms. The molecular weight excluding hydrogens is 698 g/mol. The summed E-state index contributed by atoms with van der Waals surface area (Å²) in [5.74, 6) is -2.49. The molecule has 1 saturated heterocycles. The summed E-state index contributed by atoms with van der Waals surface area (Å²) in [7, 11) is 1.50. The molecule has 262 valence electrons. The van der Waals surface area contributed by atoms with Crippen LogP contribution in [0.15, 0.2) is 76.6 Å². The quantitative estimate of drug-likeness (QED) is 0.170. The number of halogens is 1. The molecule has 7 atom stereocenters. The number of nitrogens with one attached hydrogen (secondary N) is 2. The molecule has 2 aliphatic carbocycles. The van der Waals surface area contributed by atoms with Gasteiger partial charge in [0.2, 0.25) is 11.8 Å². The van der Waals surface area contributed by atoms with Gasteiger partial charge in [-0.05, 0) is 97.3 Å². The summed E-state index contributed by atoms with van der Waals surface area (Å²) in [6.07, 6.45) is 0.724. The molecule has 0 spiro atoms. The van der Waals surface area contributed by atoms with Crippen LogP contribution in [0.1, 0.15) is 40.1 Å². The molecule has 2 saturated carbocycles. The van der Waals surface area contributed by atoms with Gasteiger partial charge in [0.25, 0.3) is 5.91 Å². The number of ether oxygens (including phenoxy) is 3. The third kappa shape index (κ3) is 5.60. The molecule has 3 fully saturated rings. The molecule has 2 N–H and O–H groups in total. The van der Waals surface area contributed by atoms with Gasteiger partial charge in [-0.2, -0.15) is 0 Å². The van der Waals surface area contributed by atoms with Crippen LogP contribution < -0.4 is 24.6 Å². The third-order valence-corrected chi connectivity index (χ3v) is 13.0. The number of esters is 1. The number of anilines is 2. The number of hydrogen-bond acceptors (Lipinski definition) is 10. The number of rotatable bonds is 9. The number of carbonyl (C=O) groups excluding carboxylic acids is 4. The van der Waals surface area contributed by atoms with E-state index in [-0.39, 0.29) is 58.8 Å². The number of imide groups is 1. The number of nitrogens with zero attached hydrogens (tertiary/aromatic N) is 1. The minimum absolute atomic E-state index is 0.0148. The number of methoxy groups -OCH3 is 1. The van der Waals surface area contributed by atoms with E-state index in [1.54, 1.807) is 49.0 Å². The zero-order valence-electron chi connectivity index (χ0n) is 27.4. The van der Waals surface area contributed by atoms with Crippen LogP contribution in [-0.2, 0) is 19.1 Å². The summed E-state index contributed by atoms with van der Waals surface area (Å²) in [6, 6.07) is 17.2. The number of thioether (sulfide) groups is 1. The molecule has 3 heterocycles. The lowest BCUT2D eigenvalue weighted by molar-refractivity contribution is -0.123. The predicted molar refractivity (Wildman–Crippen MR) is 187 cm³/mol. The Morgan fingerprint density at radius 2 is 1.69 bits per heavy atom. The van der Waals surface area contributed by atoms with Gasteiger partial charge >= 0.3 is 10.8 Å². The molecule has 1 aromatic heterocycles. The van der Waals surface area contributed by atoms with E-state index in [9.17, 15) is 28.4 Å². The normalized spacial score (nSPS) is 25.6. The average Bonchev–Trinajstić information content (AvgIpc) is 3.87. The number of amides is 3. The number of carbonyl (C=O) groups is 4. The molecule has 3 aromatic carbocycles. The van der Waals surface area contributed by atoms with Crippen molar-refractivity contribution in [2.75, 3.05) is 30.5 Å². The molecule has 0 radical (unpaired) electrons. The Kier molecular flexibility index (Phi) is 8.45. The van der Waals surface area contributed by atoms with Gasteiger partial charge in [-0.3, -0.25) is 24.1 Å². The van der Waals surface area contributed by atoms with E-state index in [0.717, 1.165) is 33.2 Å². The molecule has 2 aliphatic heterocycles. The van der Waals surface area contributed by atoms with Crippen LogP contribution in [0.2, 0.25) is 0 Å². The van der Waals surface area contributed by atoms with Gasteiger partial charge in [0, 0.05) is 21.7 Å². The van der Waals surface area contributed by atoms with Crippen molar-refractivity contribution in [1.82, 2.24) is 4.98 Å². The average molecular weight is 730 g/mol. The number of aromatic nitrogens is 1. The largest absolute Gasteiger partial charge is 0.493 e. The van der Waals surface area contributed by atoms with Crippen LogP contribution in [-0.4, -0.2) is 54.2 Å². The van der Waals surface area contributed by atoms with Crippen molar-refractivity contribution in [3.8, 4) is 11.5 Å². The number of fused-ring (bicyclic) bond motifs is 9. The SMILES string of the molecule is CCOC(=O)c1ccc(N2C(=O)[C@H]3[C@H]4C[C@@H]([C@@H]3C2=O)[C@@H]2[C@H](c3ccc(OCC(=O)Nc5ccc(F)cc5)c(OC)c3)c3sc(=O)[nH]c3S[C@H]42)cc1. The van der Waals surface area contributed by atoms with Gasteiger partial charge in [-0.1, -0.05) is 17.4 Å². The fraction of sp³-hybridized carbons (Fsp3) is 0.324. The van der Waals surface area contributed by atoms with Gasteiger partial charge in [0.15, 0.2) is 18.1 Å². The van der Waals surface area contributed by atoms with E-state index >= 15 is 0 Å². The first-order valence-electron chi connectivity index (χ1n) is 16.6. The summed E-state index contributed by atoms with van der Waals surface area (Å²) >= 11 is 2.75. The lowest BCUT2D eigenvalue weighted by Gasteiger charge is -2.43. The number of thiazole rings is 1. The van der Waals surface area contributed by atoms with Gasteiger partial charge in [-0.25, -0.2) is 9.18 Å². The van der Waals surface area contributed by atoms with E-state index in [1.807, 2.05) is 12.1 Å². The molecule has 11 nitrogen and oxygen atoms in total. The topological polar surface area (TPSA) is 144 Å². The highest BCUT2D eigenvalue weighted by molar-refractivity contribution is 8.00. The van der Waals surface area contributed by atoms with E-state index in [0.29, 0.717) is 28.4 Å². The van der Waals surface area contributed by atoms with Crippen molar-refractivity contribution in [1.29, 1.82) is 0 Å². The second-order valence-corrected chi connectivity index (χ2v) is 15.2. The maximum absolute atomic E-state index is 14.1. The Morgan fingerprint density at radius 1 is 0.961 bits per heavy atom. The van der Waals surface area contributed by atoms with Crippen molar-refractivity contribution in [3.05, 3.63) is 98.2 Å². The van der Waals surface area contributed by atoms with Crippen molar-refractivity contribution >= 4 is 58.2 Å². The molecule has 51 heavy (non-hydrogen) atoms. The second kappa shape index (κ2) is 13.0. The van der Waals surface area contributed by atoms with Crippen LogP contribution in [0.3, 0.4) is 0 Å². The lowest BCUT2D eigenvalue weighted by atomic mass is 9.68. The lowest BCUT2D eigenvalue weighted by Crippen LogP contribution is -2.42. The number of benzene rings is 3. The maximum Gasteiger partial charge on any atom is 0.338 e. The number of H-pyrrole nitrogens is 1. The van der Waals surface area contributed by atoms with Crippen LogP contribution in [0, 0.1) is 35.4 Å². The van der Waals surface area contributed by atoms with Gasteiger partial charge < -0.3 is 24.5 Å². The summed E-state index contributed by atoms with van der Waals surface area (Å²) < 4.78 is 29.9.